The number of alkyl halides is 1. The minimum Gasteiger partial charge on any atom is -0.481 e. The highest BCUT2D eigenvalue weighted by molar-refractivity contribution is 9.09. The summed E-state index contributed by atoms with van der Waals surface area (Å²) in [5.41, 5.74) is 1.44. The molecular weight excluding hydrogens is 388 g/mol. The fraction of sp³-hybridized carbons (Fsp3) is 0.174. The molecule has 0 fully saturated rings. The standard InChI is InChI=1S/C23H21BrO2/c1-2-22(21(25)26,18-12-6-3-7-13-18)23(24,19-14-8-4-9-15-19)20-16-10-5-11-17-20/h3-17H,2H2,1H3,(H,25,26). The molecule has 0 bridgehead atoms. The zero-order chi connectivity index (χ0) is 18.6. The number of benzene rings is 3. The van der Waals surface area contributed by atoms with Crippen LogP contribution < -0.4 is 0 Å². The molecule has 0 radical (unpaired) electrons. The number of rotatable bonds is 6. The Morgan fingerprint density at radius 3 is 1.42 bits per heavy atom. The summed E-state index contributed by atoms with van der Waals surface area (Å²) in [6.45, 7) is 1.93. The van der Waals surface area contributed by atoms with Gasteiger partial charge >= 0.3 is 5.97 Å². The molecule has 1 unspecified atom stereocenters. The molecule has 0 amide bonds. The second kappa shape index (κ2) is 7.46. The van der Waals surface area contributed by atoms with Crippen LogP contribution in [0.2, 0.25) is 0 Å². The Hall–Kier alpha value is -2.39. The summed E-state index contributed by atoms with van der Waals surface area (Å²) < 4.78 is -0.912. The third kappa shape index (κ3) is 2.77. The maximum absolute atomic E-state index is 12.8. The molecule has 0 aliphatic carbocycles. The number of hydrogen-bond donors (Lipinski definition) is 1. The first-order chi connectivity index (χ1) is 12.6. The number of carboxylic acids is 1. The number of halogens is 1. The molecule has 132 valence electrons. The smallest absolute Gasteiger partial charge is 0.316 e. The Balaban J connectivity index is 2.40. The Morgan fingerprint density at radius 1 is 0.769 bits per heavy atom. The highest BCUT2D eigenvalue weighted by Crippen LogP contribution is 2.55. The van der Waals surface area contributed by atoms with Gasteiger partial charge < -0.3 is 5.11 Å². The van der Waals surface area contributed by atoms with Gasteiger partial charge in [0.25, 0.3) is 0 Å². The van der Waals surface area contributed by atoms with Crippen molar-refractivity contribution in [3.8, 4) is 0 Å². The van der Waals surface area contributed by atoms with Crippen LogP contribution in [0.5, 0.6) is 0 Å². The molecule has 0 aromatic heterocycles. The predicted molar refractivity (Wildman–Crippen MR) is 109 cm³/mol. The van der Waals surface area contributed by atoms with Crippen LogP contribution in [0.25, 0.3) is 0 Å². The van der Waals surface area contributed by atoms with Gasteiger partial charge in [0, 0.05) is 0 Å². The lowest BCUT2D eigenvalue weighted by atomic mass is 9.63. The van der Waals surface area contributed by atoms with Crippen LogP contribution in [0.1, 0.15) is 30.0 Å². The van der Waals surface area contributed by atoms with Crippen LogP contribution in [0.4, 0.5) is 0 Å². The topological polar surface area (TPSA) is 37.3 Å². The zero-order valence-electron chi connectivity index (χ0n) is 14.6. The minimum absolute atomic E-state index is 0.432. The van der Waals surface area contributed by atoms with Crippen molar-refractivity contribution in [1.82, 2.24) is 0 Å². The summed E-state index contributed by atoms with van der Waals surface area (Å²) in [6.07, 6.45) is 0.432. The quantitative estimate of drug-likeness (QED) is 0.526. The lowest BCUT2D eigenvalue weighted by Gasteiger charge is -2.45. The Labute approximate surface area is 162 Å². The van der Waals surface area contributed by atoms with E-state index in [1.165, 1.54) is 0 Å². The first kappa shape index (κ1) is 18.4. The molecule has 0 saturated heterocycles. The molecule has 3 heteroatoms. The fourth-order valence-corrected chi connectivity index (χ4v) is 4.99. The molecule has 0 heterocycles. The van der Waals surface area contributed by atoms with Gasteiger partial charge in [-0.25, -0.2) is 0 Å². The van der Waals surface area contributed by atoms with E-state index in [0.29, 0.717) is 6.42 Å². The number of aliphatic carboxylic acids is 1. The highest BCUT2D eigenvalue weighted by atomic mass is 79.9. The summed E-state index contributed by atoms with van der Waals surface area (Å²) in [4.78, 5) is 12.8. The summed E-state index contributed by atoms with van der Waals surface area (Å²) in [5, 5.41) is 10.5. The van der Waals surface area contributed by atoms with Gasteiger partial charge in [-0.1, -0.05) is 114 Å². The number of carboxylic acid groups (broad SMARTS) is 1. The molecule has 0 saturated carbocycles. The van der Waals surface area contributed by atoms with Gasteiger partial charge in [-0.2, -0.15) is 0 Å². The van der Waals surface area contributed by atoms with Gasteiger partial charge in [0.05, 0.1) is 4.32 Å². The molecule has 0 spiro atoms. The summed E-state index contributed by atoms with van der Waals surface area (Å²) in [7, 11) is 0. The minimum atomic E-state index is -1.17. The van der Waals surface area contributed by atoms with Crippen molar-refractivity contribution in [3.63, 3.8) is 0 Å². The van der Waals surface area contributed by atoms with Gasteiger partial charge in [0.15, 0.2) is 0 Å². The van der Waals surface area contributed by atoms with E-state index >= 15 is 0 Å². The molecule has 0 aliphatic heterocycles. The van der Waals surface area contributed by atoms with Crippen LogP contribution >= 0.6 is 15.9 Å². The van der Waals surface area contributed by atoms with Crippen LogP contribution in [0, 0.1) is 0 Å². The van der Waals surface area contributed by atoms with E-state index in [4.69, 9.17) is 0 Å². The molecule has 3 aromatic carbocycles. The third-order valence-corrected chi connectivity index (χ3v) is 6.69. The van der Waals surface area contributed by atoms with E-state index in [-0.39, 0.29) is 0 Å². The third-order valence-electron chi connectivity index (χ3n) is 5.09. The molecule has 2 nitrogen and oxygen atoms in total. The fourth-order valence-electron chi connectivity index (χ4n) is 3.79. The molecule has 3 rings (SSSR count). The van der Waals surface area contributed by atoms with E-state index in [1.807, 2.05) is 97.9 Å². The molecule has 26 heavy (non-hydrogen) atoms. The maximum atomic E-state index is 12.8. The Morgan fingerprint density at radius 2 is 1.12 bits per heavy atom. The van der Waals surface area contributed by atoms with Gasteiger partial charge in [-0.15, -0.1) is 0 Å². The van der Waals surface area contributed by atoms with Gasteiger partial charge in [0.1, 0.15) is 5.41 Å². The average Bonchev–Trinajstić information content (AvgIpc) is 2.70. The first-order valence-electron chi connectivity index (χ1n) is 8.66. The lowest BCUT2D eigenvalue weighted by Crippen LogP contribution is -2.51. The van der Waals surface area contributed by atoms with Crippen LogP contribution in [0.3, 0.4) is 0 Å². The zero-order valence-corrected chi connectivity index (χ0v) is 16.2. The summed E-state index contributed by atoms with van der Waals surface area (Å²) >= 11 is 3.94. The van der Waals surface area contributed by atoms with Crippen molar-refractivity contribution < 1.29 is 9.90 Å². The van der Waals surface area contributed by atoms with Crippen molar-refractivity contribution >= 4 is 21.9 Å². The largest absolute Gasteiger partial charge is 0.481 e. The van der Waals surface area contributed by atoms with Crippen LogP contribution in [0.15, 0.2) is 91.0 Å². The molecule has 0 aliphatic rings. The van der Waals surface area contributed by atoms with Crippen LogP contribution in [-0.4, -0.2) is 11.1 Å². The van der Waals surface area contributed by atoms with Crippen molar-refractivity contribution in [2.24, 2.45) is 0 Å². The summed E-state index contributed by atoms with van der Waals surface area (Å²) in [6, 6.07) is 29.1. The van der Waals surface area contributed by atoms with E-state index in [9.17, 15) is 9.90 Å². The number of carbonyl (C=O) groups is 1. The van der Waals surface area contributed by atoms with Crippen LogP contribution in [-0.2, 0) is 14.5 Å². The normalized spacial score (nSPS) is 13.8. The molecule has 3 aromatic rings. The van der Waals surface area contributed by atoms with E-state index < -0.39 is 15.7 Å². The van der Waals surface area contributed by atoms with Gasteiger partial charge in [-0.05, 0) is 23.1 Å². The van der Waals surface area contributed by atoms with Crippen molar-refractivity contribution in [1.29, 1.82) is 0 Å². The first-order valence-corrected chi connectivity index (χ1v) is 9.45. The van der Waals surface area contributed by atoms with Crippen molar-refractivity contribution in [2.45, 2.75) is 23.1 Å². The van der Waals surface area contributed by atoms with E-state index in [2.05, 4.69) is 15.9 Å². The Bertz CT molecular complexity index is 823. The molecular formula is C23H21BrO2. The van der Waals surface area contributed by atoms with Gasteiger partial charge in [-0.3, -0.25) is 4.79 Å². The summed E-state index contributed by atoms with van der Waals surface area (Å²) in [5.74, 6) is -0.851. The monoisotopic (exact) mass is 408 g/mol. The van der Waals surface area contributed by atoms with E-state index in [1.54, 1.807) is 0 Å². The van der Waals surface area contributed by atoms with Crippen molar-refractivity contribution in [2.75, 3.05) is 0 Å². The molecule has 1 atom stereocenters. The van der Waals surface area contributed by atoms with E-state index in [0.717, 1.165) is 16.7 Å². The second-order valence-corrected chi connectivity index (χ2v) is 7.51. The average molecular weight is 409 g/mol. The Kier molecular flexibility index (Phi) is 5.28. The highest BCUT2D eigenvalue weighted by Gasteiger charge is 2.57. The van der Waals surface area contributed by atoms with Crippen molar-refractivity contribution in [3.05, 3.63) is 108 Å². The van der Waals surface area contributed by atoms with Gasteiger partial charge in [0.2, 0.25) is 0 Å². The lowest BCUT2D eigenvalue weighted by molar-refractivity contribution is -0.145. The second-order valence-electron chi connectivity index (χ2n) is 6.32. The maximum Gasteiger partial charge on any atom is 0.316 e. The predicted octanol–water partition coefficient (Wildman–Crippen LogP) is 5.76. The molecule has 1 N–H and O–H groups in total. The number of hydrogen-bond acceptors (Lipinski definition) is 1. The SMILES string of the molecule is CCC(C(=O)O)(c1ccccc1)C(Br)(c1ccccc1)c1ccccc1.